The van der Waals surface area contributed by atoms with E-state index in [2.05, 4.69) is 24.8 Å². The van der Waals surface area contributed by atoms with Crippen LogP contribution in [0.3, 0.4) is 0 Å². The molecule has 0 saturated carbocycles. The minimum atomic E-state index is 0.380. The summed E-state index contributed by atoms with van der Waals surface area (Å²) in [6.07, 6.45) is 6.24. The van der Waals surface area contributed by atoms with Crippen molar-refractivity contribution >= 4 is 5.95 Å². The Morgan fingerprint density at radius 1 is 1.24 bits per heavy atom. The number of hydrogen-bond donors (Lipinski definition) is 0. The van der Waals surface area contributed by atoms with Gasteiger partial charge in [0.05, 0.1) is 13.2 Å². The Bertz CT molecular complexity index is 577. The smallest absolute Gasteiger partial charge is 0.225 e. The first-order valence-electron chi connectivity index (χ1n) is 7.19. The van der Waals surface area contributed by atoms with E-state index in [0.29, 0.717) is 12.5 Å². The van der Waals surface area contributed by atoms with Crippen molar-refractivity contribution in [2.75, 3.05) is 31.2 Å². The van der Waals surface area contributed by atoms with Crippen LogP contribution in [0.25, 0.3) is 0 Å². The van der Waals surface area contributed by atoms with E-state index in [1.165, 1.54) is 0 Å². The van der Waals surface area contributed by atoms with Gasteiger partial charge in [0.2, 0.25) is 5.95 Å². The Morgan fingerprint density at radius 3 is 2.90 bits per heavy atom. The Hall–Kier alpha value is -2.08. The van der Waals surface area contributed by atoms with Gasteiger partial charge in [-0.1, -0.05) is 0 Å². The van der Waals surface area contributed by atoms with Crippen molar-refractivity contribution in [3.8, 4) is 0 Å². The van der Waals surface area contributed by atoms with Gasteiger partial charge in [-0.05, 0) is 25.5 Å². The minimum absolute atomic E-state index is 0.380. The molecule has 2 aromatic heterocycles. The highest BCUT2D eigenvalue weighted by atomic mass is 16.5. The van der Waals surface area contributed by atoms with E-state index in [1.54, 1.807) is 12.4 Å². The third-order valence-electron chi connectivity index (χ3n) is 3.50. The Labute approximate surface area is 124 Å². The summed E-state index contributed by atoms with van der Waals surface area (Å²) in [6, 6.07) is 3.81. The van der Waals surface area contributed by atoms with Crippen LogP contribution >= 0.6 is 0 Å². The monoisotopic (exact) mass is 285 g/mol. The topological polar surface area (TPSA) is 64.0 Å². The van der Waals surface area contributed by atoms with Crippen LogP contribution in [-0.4, -0.2) is 46.2 Å². The second kappa shape index (κ2) is 6.58. The highest BCUT2D eigenvalue weighted by Crippen LogP contribution is 2.16. The normalized spacial score (nSPS) is 19.3. The van der Waals surface area contributed by atoms with Gasteiger partial charge in [0.1, 0.15) is 5.82 Å². The van der Waals surface area contributed by atoms with Crippen LogP contribution in [0.1, 0.15) is 11.5 Å². The predicted octanol–water partition coefficient (Wildman–Crippen LogP) is 1.27. The first-order chi connectivity index (χ1) is 10.3. The highest BCUT2D eigenvalue weighted by Gasteiger charge is 2.21. The fraction of sp³-hybridized carbons (Fsp3) is 0.467. The molecule has 1 fully saturated rings. The second-order valence-corrected chi connectivity index (χ2v) is 5.24. The van der Waals surface area contributed by atoms with Gasteiger partial charge in [-0.25, -0.2) is 19.9 Å². The maximum absolute atomic E-state index is 5.72. The zero-order valence-corrected chi connectivity index (χ0v) is 12.1. The van der Waals surface area contributed by atoms with E-state index >= 15 is 0 Å². The van der Waals surface area contributed by atoms with E-state index in [0.717, 1.165) is 43.6 Å². The standard InChI is InChI=1S/C15H19N5O/c1-12-16-6-3-14(19-12)9-13-10-20(7-8-21-11-13)15-17-4-2-5-18-15/h2-6,13H,7-11H2,1H3/t13-/m1/s1. The van der Waals surface area contributed by atoms with Crippen LogP contribution in [0.4, 0.5) is 5.95 Å². The van der Waals surface area contributed by atoms with E-state index in [4.69, 9.17) is 4.74 Å². The lowest BCUT2D eigenvalue weighted by molar-refractivity contribution is 0.123. The second-order valence-electron chi connectivity index (χ2n) is 5.24. The summed E-state index contributed by atoms with van der Waals surface area (Å²) in [7, 11) is 0. The average molecular weight is 285 g/mol. The third-order valence-corrected chi connectivity index (χ3v) is 3.50. The molecule has 0 N–H and O–H groups in total. The van der Waals surface area contributed by atoms with Gasteiger partial charge < -0.3 is 9.64 Å². The number of ether oxygens (including phenoxy) is 1. The quantitative estimate of drug-likeness (QED) is 0.846. The zero-order chi connectivity index (χ0) is 14.5. The third kappa shape index (κ3) is 3.72. The number of rotatable bonds is 3. The van der Waals surface area contributed by atoms with Crippen molar-refractivity contribution in [3.05, 3.63) is 42.2 Å². The molecule has 3 rings (SSSR count). The maximum atomic E-state index is 5.72. The molecule has 6 heteroatoms. The van der Waals surface area contributed by atoms with Crippen LogP contribution in [0.2, 0.25) is 0 Å². The predicted molar refractivity (Wildman–Crippen MR) is 79.0 cm³/mol. The van der Waals surface area contributed by atoms with Gasteiger partial charge in [0.15, 0.2) is 0 Å². The summed E-state index contributed by atoms with van der Waals surface area (Å²) in [5, 5.41) is 0. The number of aryl methyl sites for hydroxylation is 1. The molecule has 6 nitrogen and oxygen atoms in total. The van der Waals surface area contributed by atoms with Gasteiger partial charge in [0.25, 0.3) is 0 Å². The molecule has 1 aliphatic heterocycles. The molecule has 0 aliphatic carbocycles. The molecule has 1 aliphatic rings. The van der Waals surface area contributed by atoms with Crippen LogP contribution in [0, 0.1) is 12.8 Å². The summed E-state index contributed by atoms with van der Waals surface area (Å²) in [5.41, 5.74) is 1.06. The van der Waals surface area contributed by atoms with E-state index in [1.807, 2.05) is 25.3 Å². The molecule has 110 valence electrons. The lowest BCUT2D eigenvalue weighted by atomic mass is 10.0. The number of anilines is 1. The van der Waals surface area contributed by atoms with Gasteiger partial charge in [0, 0.05) is 43.3 Å². The van der Waals surface area contributed by atoms with E-state index in [9.17, 15) is 0 Å². The van der Waals surface area contributed by atoms with Gasteiger partial charge >= 0.3 is 0 Å². The van der Waals surface area contributed by atoms with Crippen LogP contribution in [0.15, 0.2) is 30.7 Å². The van der Waals surface area contributed by atoms with Crippen LogP contribution < -0.4 is 4.90 Å². The molecule has 0 radical (unpaired) electrons. The summed E-state index contributed by atoms with van der Waals surface area (Å²) in [4.78, 5) is 19.5. The lowest BCUT2D eigenvalue weighted by Gasteiger charge is -2.23. The van der Waals surface area contributed by atoms with E-state index < -0.39 is 0 Å². The van der Waals surface area contributed by atoms with E-state index in [-0.39, 0.29) is 0 Å². The molecular weight excluding hydrogens is 266 g/mol. The van der Waals surface area contributed by atoms with Crippen LogP contribution in [0.5, 0.6) is 0 Å². The van der Waals surface area contributed by atoms with Crippen molar-refractivity contribution < 1.29 is 4.74 Å². The van der Waals surface area contributed by atoms with Crippen molar-refractivity contribution in [3.63, 3.8) is 0 Å². The first kappa shape index (κ1) is 13.9. The Kier molecular flexibility index (Phi) is 4.35. The van der Waals surface area contributed by atoms with Crippen molar-refractivity contribution in [2.24, 2.45) is 5.92 Å². The van der Waals surface area contributed by atoms with Crippen LogP contribution in [-0.2, 0) is 11.2 Å². The molecule has 0 aromatic carbocycles. The number of nitrogens with zero attached hydrogens (tertiary/aromatic N) is 5. The summed E-state index contributed by atoms with van der Waals surface area (Å²) >= 11 is 0. The number of hydrogen-bond acceptors (Lipinski definition) is 6. The Balaban J connectivity index is 1.70. The van der Waals surface area contributed by atoms with Crippen molar-refractivity contribution in [2.45, 2.75) is 13.3 Å². The molecule has 0 bridgehead atoms. The molecule has 1 atom stereocenters. The fourth-order valence-electron chi connectivity index (χ4n) is 2.55. The molecule has 2 aromatic rings. The van der Waals surface area contributed by atoms with Gasteiger partial charge in [-0.15, -0.1) is 0 Å². The van der Waals surface area contributed by atoms with Crippen molar-refractivity contribution in [1.29, 1.82) is 0 Å². The molecule has 1 saturated heterocycles. The maximum Gasteiger partial charge on any atom is 0.225 e. The minimum Gasteiger partial charge on any atom is -0.379 e. The molecule has 21 heavy (non-hydrogen) atoms. The average Bonchev–Trinajstić information content (AvgIpc) is 2.74. The highest BCUT2D eigenvalue weighted by molar-refractivity contribution is 5.28. The number of aromatic nitrogens is 4. The Morgan fingerprint density at radius 2 is 2.10 bits per heavy atom. The lowest BCUT2D eigenvalue weighted by Crippen LogP contribution is -2.32. The first-order valence-corrected chi connectivity index (χ1v) is 7.19. The molecule has 0 unspecified atom stereocenters. The largest absolute Gasteiger partial charge is 0.379 e. The summed E-state index contributed by atoms with van der Waals surface area (Å²) in [5.74, 6) is 1.96. The zero-order valence-electron chi connectivity index (χ0n) is 12.1. The molecular formula is C15H19N5O. The molecule has 0 spiro atoms. The summed E-state index contributed by atoms with van der Waals surface area (Å²) in [6.45, 7) is 5.07. The van der Waals surface area contributed by atoms with Gasteiger partial charge in [-0.2, -0.15) is 0 Å². The van der Waals surface area contributed by atoms with Crippen molar-refractivity contribution in [1.82, 2.24) is 19.9 Å². The van der Waals surface area contributed by atoms with Gasteiger partial charge in [-0.3, -0.25) is 0 Å². The SMILES string of the molecule is Cc1nccc(C[C@H]2COCCN(c3ncccn3)C2)n1. The molecule has 0 amide bonds. The summed E-state index contributed by atoms with van der Waals surface area (Å²) < 4.78 is 5.72. The fourth-order valence-corrected chi connectivity index (χ4v) is 2.55. The molecule has 3 heterocycles.